The van der Waals surface area contributed by atoms with E-state index in [1.54, 1.807) is 12.3 Å². The molecule has 0 aliphatic rings. The first-order valence-corrected chi connectivity index (χ1v) is 3.46. The van der Waals surface area contributed by atoms with Crippen molar-refractivity contribution in [1.29, 1.82) is 0 Å². The highest BCUT2D eigenvalue weighted by Gasteiger charge is 1.89. The minimum atomic E-state index is 0. The molecule has 0 aliphatic heterocycles. The fourth-order valence-corrected chi connectivity index (χ4v) is 0.827. The van der Waals surface area contributed by atoms with Crippen molar-refractivity contribution in [3.63, 3.8) is 0 Å². The maximum absolute atomic E-state index is 5.58. The zero-order valence-corrected chi connectivity index (χ0v) is 8.97. The van der Waals surface area contributed by atoms with Crippen LogP contribution in [0.5, 0.6) is 0 Å². The van der Waals surface area contributed by atoms with Crippen LogP contribution in [-0.2, 0) is 6.54 Å². The van der Waals surface area contributed by atoms with Crippen molar-refractivity contribution in [2.45, 2.75) is 6.54 Å². The third-order valence-electron chi connectivity index (χ3n) is 1.17. The van der Waals surface area contributed by atoms with Crippen LogP contribution in [-0.4, -0.2) is 12.0 Å². The maximum Gasteiger partial charge on any atom is 0.129 e. The first-order chi connectivity index (χ1) is 4.83. The monoisotopic (exact) mass is 228 g/mol. The maximum atomic E-state index is 5.58. The van der Waals surface area contributed by atoms with Crippen molar-refractivity contribution in [3.8, 4) is 0 Å². The minimum Gasteiger partial charge on any atom is -0.316 e. The van der Waals surface area contributed by atoms with Gasteiger partial charge in [-0.2, -0.15) is 0 Å². The number of pyridine rings is 1. The Hall–Kier alpha value is -0.0200. The van der Waals surface area contributed by atoms with Crippen LogP contribution in [0, 0.1) is 0 Å². The summed E-state index contributed by atoms with van der Waals surface area (Å²) in [5.74, 6) is 0. The fourth-order valence-electron chi connectivity index (χ4n) is 0.715. The largest absolute Gasteiger partial charge is 0.316 e. The Labute approximate surface area is 89.5 Å². The van der Waals surface area contributed by atoms with Crippen LogP contribution in [0.3, 0.4) is 0 Å². The second-order valence-corrected chi connectivity index (χ2v) is 2.41. The molecule has 0 saturated carbocycles. The number of rotatable bonds is 2. The molecule has 12 heavy (non-hydrogen) atoms. The highest BCUT2D eigenvalue weighted by molar-refractivity contribution is 6.29. The smallest absolute Gasteiger partial charge is 0.129 e. The molecule has 0 spiro atoms. The number of hydrogen-bond donors (Lipinski definition) is 1. The Balaban J connectivity index is 0. The van der Waals surface area contributed by atoms with Gasteiger partial charge in [-0.1, -0.05) is 17.7 Å². The Bertz CT molecular complexity index is 200. The number of nitrogens with zero attached hydrogens (tertiary/aromatic N) is 1. The highest BCUT2D eigenvalue weighted by Crippen LogP contribution is 2.04. The van der Waals surface area contributed by atoms with Gasteiger partial charge in [-0.3, -0.25) is 0 Å². The lowest BCUT2D eigenvalue weighted by Gasteiger charge is -1.96. The van der Waals surface area contributed by atoms with Gasteiger partial charge in [0.1, 0.15) is 5.15 Å². The molecule has 70 valence electrons. The summed E-state index contributed by atoms with van der Waals surface area (Å²) in [5, 5.41) is 3.56. The van der Waals surface area contributed by atoms with E-state index in [0.29, 0.717) is 5.15 Å². The van der Waals surface area contributed by atoms with Gasteiger partial charge < -0.3 is 5.32 Å². The zero-order chi connectivity index (χ0) is 7.40. The van der Waals surface area contributed by atoms with Crippen LogP contribution in [0.25, 0.3) is 0 Å². The van der Waals surface area contributed by atoms with Crippen LogP contribution in [0.15, 0.2) is 18.3 Å². The molecule has 1 rings (SSSR count). The van der Waals surface area contributed by atoms with Crippen LogP contribution < -0.4 is 5.32 Å². The number of aromatic nitrogens is 1. The van der Waals surface area contributed by atoms with Gasteiger partial charge in [-0.15, -0.1) is 24.8 Å². The molecule has 2 nitrogen and oxygen atoms in total. The van der Waals surface area contributed by atoms with Gasteiger partial charge in [0.2, 0.25) is 0 Å². The number of nitrogens with one attached hydrogen (secondary N) is 1. The summed E-state index contributed by atoms with van der Waals surface area (Å²) in [6.07, 6.45) is 1.76. The summed E-state index contributed by atoms with van der Waals surface area (Å²) in [7, 11) is 1.90. The van der Waals surface area contributed by atoms with Gasteiger partial charge in [0.05, 0.1) is 0 Å². The summed E-state index contributed by atoms with van der Waals surface area (Å²) in [6.45, 7) is 0.837. The van der Waals surface area contributed by atoms with E-state index in [-0.39, 0.29) is 24.8 Å². The Morgan fingerprint density at radius 2 is 2.08 bits per heavy atom. The fraction of sp³-hybridized carbons (Fsp3) is 0.286. The topological polar surface area (TPSA) is 24.9 Å². The molecule has 1 aromatic heterocycles. The molecule has 0 saturated heterocycles. The summed E-state index contributed by atoms with van der Waals surface area (Å²) >= 11 is 5.58. The molecule has 1 heterocycles. The molecular weight excluding hydrogens is 218 g/mol. The average molecular weight is 230 g/mol. The molecule has 0 atom stereocenters. The Kier molecular flexibility index (Phi) is 9.21. The van der Waals surface area contributed by atoms with E-state index < -0.39 is 0 Å². The molecule has 1 N–H and O–H groups in total. The first kappa shape index (κ1) is 14.5. The second kappa shape index (κ2) is 7.62. The van der Waals surface area contributed by atoms with Gasteiger partial charge in [-0.05, 0) is 18.7 Å². The Morgan fingerprint density at radius 1 is 1.42 bits per heavy atom. The molecule has 0 fully saturated rings. The van der Waals surface area contributed by atoms with Crippen molar-refractivity contribution < 1.29 is 0 Å². The van der Waals surface area contributed by atoms with Crippen molar-refractivity contribution in [1.82, 2.24) is 10.3 Å². The molecule has 5 heteroatoms. The van der Waals surface area contributed by atoms with Gasteiger partial charge in [-0.25, -0.2) is 4.98 Å². The molecule has 1 aromatic rings. The normalized spacial score (nSPS) is 8.17. The molecule has 0 unspecified atom stereocenters. The lowest BCUT2D eigenvalue weighted by Crippen LogP contribution is -2.04. The quantitative estimate of drug-likeness (QED) is 0.787. The van der Waals surface area contributed by atoms with Crippen molar-refractivity contribution in [3.05, 3.63) is 29.0 Å². The standard InChI is InChI=1S/C7H9ClN2.2ClH/c1-9-4-6-2-3-7(8)10-5-6;;/h2-3,5,9H,4H2,1H3;2*1H. The lowest BCUT2D eigenvalue weighted by molar-refractivity contribution is 0.813. The molecule has 0 bridgehead atoms. The van der Waals surface area contributed by atoms with E-state index in [4.69, 9.17) is 11.6 Å². The summed E-state index contributed by atoms with van der Waals surface area (Å²) in [4.78, 5) is 3.92. The predicted molar refractivity (Wildman–Crippen MR) is 56.5 cm³/mol. The molecule has 0 aromatic carbocycles. The molecule has 0 amide bonds. The number of halogens is 3. The Morgan fingerprint density at radius 3 is 2.50 bits per heavy atom. The van der Waals surface area contributed by atoms with Gasteiger partial charge >= 0.3 is 0 Å². The lowest BCUT2D eigenvalue weighted by atomic mass is 10.3. The van der Waals surface area contributed by atoms with E-state index in [1.165, 1.54) is 0 Å². The summed E-state index contributed by atoms with van der Waals surface area (Å²) in [5.41, 5.74) is 1.15. The van der Waals surface area contributed by atoms with Crippen LogP contribution in [0.2, 0.25) is 5.15 Å². The average Bonchev–Trinajstić information content (AvgIpc) is 1.95. The molecule has 0 aliphatic carbocycles. The van der Waals surface area contributed by atoms with Crippen LogP contribution in [0.1, 0.15) is 5.56 Å². The van der Waals surface area contributed by atoms with Crippen molar-refractivity contribution in [2.24, 2.45) is 0 Å². The third-order valence-corrected chi connectivity index (χ3v) is 1.39. The number of hydrogen-bond acceptors (Lipinski definition) is 2. The van der Waals surface area contributed by atoms with Gasteiger partial charge in [0.25, 0.3) is 0 Å². The second-order valence-electron chi connectivity index (χ2n) is 2.02. The summed E-state index contributed by atoms with van der Waals surface area (Å²) in [6, 6.07) is 3.74. The minimum absolute atomic E-state index is 0. The van der Waals surface area contributed by atoms with Gasteiger partial charge in [0.15, 0.2) is 0 Å². The van der Waals surface area contributed by atoms with Crippen molar-refractivity contribution >= 4 is 36.4 Å². The summed E-state index contributed by atoms with van der Waals surface area (Å²) < 4.78 is 0. The van der Waals surface area contributed by atoms with E-state index in [9.17, 15) is 0 Å². The third kappa shape index (κ3) is 4.78. The van der Waals surface area contributed by atoms with E-state index >= 15 is 0 Å². The molecular formula is C7H11Cl3N2. The van der Waals surface area contributed by atoms with Crippen LogP contribution in [0.4, 0.5) is 0 Å². The molecule has 0 radical (unpaired) electrons. The highest BCUT2D eigenvalue weighted by atomic mass is 35.5. The predicted octanol–water partition coefficient (Wildman–Crippen LogP) is 2.30. The van der Waals surface area contributed by atoms with Gasteiger partial charge in [0, 0.05) is 12.7 Å². The van der Waals surface area contributed by atoms with Crippen molar-refractivity contribution in [2.75, 3.05) is 7.05 Å². The van der Waals surface area contributed by atoms with E-state index in [0.717, 1.165) is 12.1 Å². The first-order valence-electron chi connectivity index (χ1n) is 3.08. The van der Waals surface area contributed by atoms with Crippen LogP contribution >= 0.6 is 36.4 Å². The van der Waals surface area contributed by atoms with E-state index in [1.807, 2.05) is 13.1 Å². The zero-order valence-electron chi connectivity index (χ0n) is 6.58. The van der Waals surface area contributed by atoms with E-state index in [2.05, 4.69) is 10.3 Å². The SMILES string of the molecule is CNCc1ccc(Cl)nc1.Cl.Cl.